The molecule has 1 aromatic carbocycles. The Hall–Kier alpha value is -3.11. The van der Waals surface area contributed by atoms with E-state index < -0.39 is 0 Å². The Morgan fingerprint density at radius 2 is 1.93 bits per heavy atom. The largest absolute Gasteiger partial charge is 0.438 e. The average molecular weight is 370 g/mol. The molecule has 1 aliphatic heterocycles. The molecule has 4 heteroatoms. The van der Waals surface area contributed by atoms with Crippen molar-refractivity contribution in [1.29, 1.82) is 0 Å². The molecule has 2 atom stereocenters. The molecule has 0 spiro atoms. The Morgan fingerprint density at radius 1 is 1.04 bits per heavy atom. The quantitative estimate of drug-likeness (QED) is 0.622. The van der Waals surface area contributed by atoms with Crippen LogP contribution in [0.15, 0.2) is 96.1 Å². The van der Waals surface area contributed by atoms with Gasteiger partial charge in [0.1, 0.15) is 5.75 Å². The molecule has 1 N–H and O–H groups in total. The van der Waals surface area contributed by atoms with Crippen LogP contribution in [0.1, 0.15) is 17.0 Å². The standard InChI is InChI=1S/C23H18N2OS/c1-15-14-16(10-11-19(15)25-21-9-5-13-27-21)22-17-6-2-3-8-20(17)26-23-18(22)7-4-12-24-23/h2-14,19,22,25H,1H2. The molecule has 0 saturated heterocycles. The van der Waals surface area contributed by atoms with Crippen molar-refractivity contribution in [3.8, 4) is 11.6 Å². The van der Waals surface area contributed by atoms with Crippen LogP contribution in [0, 0.1) is 0 Å². The number of anilines is 1. The van der Waals surface area contributed by atoms with Gasteiger partial charge in [0.25, 0.3) is 0 Å². The number of para-hydroxylation sites is 1. The first kappa shape index (κ1) is 16.1. The predicted octanol–water partition coefficient (Wildman–Crippen LogP) is 5.91. The number of hydrogen-bond acceptors (Lipinski definition) is 4. The van der Waals surface area contributed by atoms with Gasteiger partial charge in [-0.3, -0.25) is 0 Å². The minimum atomic E-state index is 0.0920. The van der Waals surface area contributed by atoms with Crippen molar-refractivity contribution in [3.05, 3.63) is 107 Å². The minimum absolute atomic E-state index is 0.0920. The maximum absolute atomic E-state index is 6.02. The van der Waals surface area contributed by atoms with Crippen molar-refractivity contribution < 1.29 is 4.74 Å². The van der Waals surface area contributed by atoms with Crippen LogP contribution in [0.3, 0.4) is 0 Å². The Balaban J connectivity index is 1.52. The molecule has 2 unspecified atom stereocenters. The number of allylic oxidation sites excluding steroid dienone is 2. The summed E-state index contributed by atoms with van der Waals surface area (Å²) >= 11 is 1.70. The molecule has 27 heavy (non-hydrogen) atoms. The molecule has 2 aliphatic rings. The zero-order valence-corrected chi connectivity index (χ0v) is 15.4. The lowest BCUT2D eigenvalue weighted by molar-refractivity contribution is 0.433. The lowest BCUT2D eigenvalue weighted by atomic mass is 9.80. The number of aromatic nitrogens is 1. The summed E-state index contributed by atoms with van der Waals surface area (Å²) < 4.78 is 6.02. The van der Waals surface area contributed by atoms with Crippen LogP contribution in [-0.4, -0.2) is 11.0 Å². The van der Waals surface area contributed by atoms with Crippen LogP contribution in [-0.2, 0) is 0 Å². The van der Waals surface area contributed by atoms with Gasteiger partial charge in [-0.15, -0.1) is 11.3 Å². The molecular formula is C23H18N2OS. The second kappa shape index (κ2) is 6.56. The van der Waals surface area contributed by atoms with Gasteiger partial charge in [-0.25, -0.2) is 4.98 Å². The van der Waals surface area contributed by atoms with Gasteiger partial charge in [0.05, 0.1) is 11.0 Å². The summed E-state index contributed by atoms with van der Waals surface area (Å²) in [6, 6.07) is 16.5. The number of pyridine rings is 1. The first-order valence-corrected chi connectivity index (χ1v) is 9.78. The van der Waals surface area contributed by atoms with Crippen LogP contribution < -0.4 is 10.1 Å². The van der Waals surface area contributed by atoms with Crippen LogP contribution >= 0.6 is 11.3 Å². The smallest absolute Gasteiger partial charge is 0.223 e. The van der Waals surface area contributed by atoms with Gasteiger partial charge in [0, 0.05) is 23.2 Å². The van der Waals surface area contributed by atoms with E-state index in [1.807, 2.05) is 24.3 Å². The summed E-state index contributed by atoms with van der Waals surface area (Å²) in [6.07, 6.45) is 8.35. The molecule has 3 aromatic rings. The van der Waals surface area contributed by atoms with Crippen LogP contribution in [0.25, 0.3) is 0 Å². The molecule has 1 aliphatic carbocycles. The molecule has 3 heterocycles. The third kappa shape index (κ3) is 2.88. The van der Waals surface area contributed by atoms with E-state index in [2.05, 4.69) is 64.8 Å². The normalized spacial score (nSPS) is 20.3. The van der Waals surface area contributed by atoms with Gasteiger partial charge < -0.3 is 10.1 Å². The highest BCUT2D eigenvalue weighted by Crippen LogP contribution is 2.47. The maximum atomic E-state index is 6.02. The van der Waals surface area contributed by atoms with Crippen LogP contribution in [0.4, 0.5) is 5.00 Å². The lowest BCUT2D eigenvalue weighted by Gasteiger charge is -2.30. The molecule has 0 fully saturated rings. The zero-order valence-electron chi connectivity index (χ0n) is 14.6. The number of nitrogens with one attached hydrogen (secondary N) is 1. The molecule has 2 aromatic heterocycles. The molecule has 5 rings (SSSR count). The fraction of sp³-hybridized carbons (Fsp3) is 0.0870. The summed E-state index contributed by atoms with van der Waals surface area (Å²) in [5, 5.41) is 6.74. The van der Waals surface area contributed by atoms with Crippen molar-refractivity contribution in [2.75, 3.05) is 5.32 Å². The highest BCUT2D eigenvalue weighted by molar-refractivity contribution is 7.14. The van der Waals surface area contributed by atoms with Crippen LogP contribution in [0.2, 0.25) is 0 Å². The maximum Gasteiger partial charge on any atom is 0.223 e. The number of fused-ring (bicyclic) bond motifs is 2. The van der Waals surface area contributed by atoms with Crippen molar-refractivity contribution in [2.45, 2.75) is 12.0 Å². The number of benzene rings is 1. The number of thiophene rings is 1. The minimum Gasteiger partial charge on any atom is -0.438 e. The van der Waals surface area contributed by atoms with Crippen LogP contribution in [0.5, 0.6) is 11.6 Å². The van der Waals surface area contributed by atoms with E-state index in [1.165, 1.54) is 5.57 Å². The Kier molecular flexibility index (Phi) is 3.91. The summed E-state index contributed by atoms with van der Waals surface area (Å²) in [5.74, 6) is 1.64. The second-order valence-corrected chi connectivity index (χ2v) is 7.60. The van der Waals surface area contributed by atoms with E-state index in [4.69, 9.17) is 4.74 Å². The Labute approximate surface area is 162 Å². The van der Waals surface area contributed by atoms with E-state index in [9.17, 15) is 0 Å². The molecule has 0 radical (unpaired) electrons. The van der Waals surface area contributed by atoms with Crippen molar-refractivity contribution in [3.63, 3.8) is 0 Å². The van der Waals surface area contributed by atoms with E-state index in [1.54, 1.807) is 17.5 Å². The monoisotopic (exact) mass is 370 g/mol. The molecule has 0 bridgehead atoms. The van der Waals surface area contributed by atoms with E-state index in [-0.39, 0.29) is 12.0 Å². The van der Waals surface area contributed by atoms with Gasteiger partial charge in [-0.2, -0.15) is 0 Å². The summed E-state index contributed by atoms with van der Waals surface area (Å²) in [5.41, 5.74) is 4.50. The first-order valence-electron chi connectivity index (χ1n) is 8.90. The first-order chi connectivity index (χ1) is 13.3. The van der Waals surface area contributed by atoms with Gasteiger partial charge in [-0.1, -0.05) is 49.1 Å². The summed E-state index contributed by atoms with van der Waals surface area (Å²) in [4.78, 5) is 4.44. The number of ether oxygens (including phenoxy) is 1. The molecule has 0 amide bonds. The van der Waals surface area contributed by atoms with E-state index >= 15 is 0 Å². The molecule has 3 nitrogen and oxygen atoms in total. The number of hydrogen-bond donors (Lipinski definition) is 1. The SMILES string of the molecule is C=C1C=C(C2c3ccccc3Oc3ncccc32)C=CC1Nc1cccs1. The van der Waals surface area contributed by atoms with Crippen molar-refractivity contribution in [1.82, 2.24) is 4.98 Å². The number of rotatable bonds is 3. The fourth-order valence-corrected chi connectivity index (χ4v) is 4.32. The second-order valence-electron chi connectivity index (χ2n) is 6.65. The van der Waals surface area contributed by atoms with E-state index in [0.29, 0.717) is 5.88 Å². The molecule has 132 valence electrons. The molecule has 0 saturated carbocycles. The summed E-state index contributed by atoms with van der Waals surface area (Å²) in [6.45, 7) is 4.30. The van der Waals surface area contributed by atoms with Crippen molar-refractivity contribution >= 4 is 16.3 Å². The zero-order chi connectivity index (χ0) is 18.2. The Morgan fingerprint density at radius 3 is 2.78 bits per heavy atom. The van der Waals surface area contributed by atoms with E-state index in [0.717, 1.165) is 27.5 Å². The highest BCUT2D eigenvalue weighted by Gasteiger charge is 2.31. The van der Waals surface area contributed by atoms with Gasteiger partial charge in [0.2, 0.25) is 5.88 Å². The number of nitrogens with zero attached hydrogens (tertiary/aromatic N) is 1. The third-order valence-corrected chi connectivity index (χ3v) is 5.73. The topological polar surface area (TPSA) is 34.1 Å². The highest BCUT2D eigenvalue weighted by atomic mass is 32.1. The fourth-order valence-electron chi connectivity index (χ4n) is 3.67. The lowest BCUT2D eigenvalue weighted by Crippen LogP contribution is -2.21. The van der Waals surface area contributed by atoms with Gasteiger partial charge in [0.15, 0.2) is 0 Å². The predicted molar refractivity (Wildman–Crippen MR) is 111 cm³/mol. The Bertz CT molecular complexity index is 1020. The average Bonchev–Trinajstić information content (AvgIpc) is 3.21. The van der Waals surface area contributed by atoms with Gasteiger partial charge >= 0.3 is 0 Å². The van der Waals surface area contributed by atoms with Gasteiger partial charge in [-0.05, 0) is 40.8 Å². The third-order valence-electron chi connectivity index (χ3n) is 4.93. The molecular weight excluding hydrogens is 352 g/mol. The summed E-state index contributed by atoms with van der Waals surface area (Å²) in [7, 11) is 0. The van der Waals surface area contributed by atoms with Crippen molar-refractivity contribution in [2.24, 2.45) is 0 Å².